The molecule has 2 atom stereocenters. The molecule has 6 nitrogen and oxygen atoms in total. The molecule has 0 aliphatic rings. The summed E-state index contributed by atoms with van der Waals surface area (Å²) in [4.78, 5) is 11.8. The highest BCUT2D eigenvalue weighted by molar-refractivity contribution is 7.45. The summed E-state index contributed by atoms with van der Waals surface area (Å²) in [5, 5.41) is 0. The summed E-state index contributed by atoms with van der Waals surface area (Å²) in [6.07, 6.45) is 19.8. The molecule has 0 spiro atoms. The van der Waals surface area contributed by atoms with Gasteiger partial charge in [-0.05, 0) is 12.8 Å². The van der Waals surface area contributed by atoms with Crippen LogP contribution in [0.15, 0.2) is 0 Å². The van der Waals surface area contributed by atoms with Crippen molar-refractivity contribution in [2.45, 2.75) is 116 Å². The minimum absolute atomic E-state index is 0.0141. The van der Waals surface area contributed by atoms with E-state index >= 15 is 0 Å². The van der Waals surface area contributed by atoms with Gasteiger partial charge < -0.3 is 23.2 Å². The van der Waals surface area contributed by atoms with Gasteiger partial charge >= 0.3 is 0 Å². The van der Waals surface area contributed by atoms with Crippen molar-refractivity contribution in [1.82, 2.24) is 0 Å². The lowest BCUT2D eigenvalue weighted by molar-refractivity contribution is -0.870. The summed E-state index contributed by atoms with van der Waals surface area (Å²) in [5.74, 6) is 0. The first-order valence-corrected chi connectivity index (χ1v) is 14.7. The zero-order chi connectivity index (χ0) is 24.1. The molecular weight excluding hydrogens is 425 g/mol. The van der Waals surface area contributed by atoms with Crippen molar-refractivity contribution in [2.24, 2.45) is 0 Å². The molecule has 0 aliphatic heterocycles. The molecule has 194 valence electrons. The highest BCUT2D eigenvalue weighted by atomic mass is 31.2. The van der Waals surface area contributed by atoms with Crippen LogP contribution in [0.3, 0.4) is 0 Å². The number of rotatable bonds is 24. The number of quaternary nitrogens is 1. The molecule has 0 fully saturated rings. The molecule has 2 unspecified atom stereocenters. The predicted octanol–water partition coefficient (Wildman–Crippen LogP) is 6.47. The lowest BCUT2D eigenvalue weighted by Gasteiger charge is -2.27. The summed E-state index contributed by atoms with van der Waals surface area (Å²) >= 11 is 0. The molecule has 0 radical (unpaired) electrons. The quantitative estimate of drug-likeness (QED) is 0.0901. The van der Waals surface area contributed by atoms with E-state index in [2.05, 4.69) is 13.8 Å². The van der Waals surface area contributed by atoms with Gasteiger partial charge in [0.2, 0.25) is 0 Å². The molecule has 0 N–H and O–H groups in total. The third-order valence-electron chi connectivity index (χ3n) is 5.78. The number of likely N-dealkylation sites (N-methyl/N-ethyl adjacent to an activating group) is 1. The summed E-state index contributed by atoms with van der Waals surface area (Å²) in [6.45, 7) is 5.40. The van der Waals surface area contributed by atoms with Crippen LogP contribution in [0.25, 0.3) is 0 Å². The zero-order valence-electron chi connectivity index (χ0n) is 21.9. The van der Waals surface area contributed by atoms with Gasteiger partial charge in [0.1, 0.15) is 13.2 Å². The molecule has 0 saturated carbocycles. The smallest absolute Gasteiger partial charge is 0.268 e. The molecule has 32 heavy (non-hydrogen) atoms. The molecule has 7 heteroatoms. The summed E-state index contributed by atoms with van der Waals surface area (Å²) in [7, 11) is 1.71. The van der Waals surface area contributed by atoms with Gasteiger partial charge in [0.05, 0.1) is 40.5 Å². The van der Waals surface area contributed by atoms with E-state index in [0.29, 0.717) is 11.0 Å². The Morgan fingerprint density at radius 3 is 1.66 bits per heavy atom. The summed E-state index contributed by atoms with van der Waals surface area (Å²) < 4.78 is 28.0. The molecule has 0 amide bonds. The Hall–Kier alpha value is 0.0300. The predicted molar refractivity (Wildman–Crippen MR) is 133 cm³/mol. The number of unbranched alkanes of at least 4 members (excludes halogenated alkanes) is 12. The van der Waals surface area contributed by atoms with E-state index < -0.39 is 7.82 Å². The van der Waals surface area contributed by atoms with E-state index in [-0.39, 0.29) is 25.9 Å². The van der Waals surface area contributed by atoms with Crippen LogP contribution >= 0.6 is 7.82 Å². The van der Waals surface area contributed by atoms with Crippen molar-refractivity contribution in [3.05, 3.63) is 0 Å². The number of hydrogen-bond donors (Lipinski definition) is 0. The lowest BCUT2D eigenvalue weighted by Crippen LogP contribution is -2.37. The molecule has 0 aliphatic carbocycles. The van der Waals surface area contributed by atoms with E-state index in [9.17, 15) is 9.46 Å². The Morgan fingerprint density at radius 2 is 1.19 bits per heavy atom. The average molecular weight is 480 g/mol. The van der Waals surface area contributed by atoms with Crippen LogP contribution in [-0.4, -0.2) is 58.1 Å². The molecule has 0 aromatic heterocycles. The molecule has 0 bridgehead atoms. The van der Waals surface area contributed by atoms with Crippen LogP contribution in [0.2, 0.25) is 0 Å². The third-order valence-corrected chi connectivity index (χ3v) is 6.78. The first-order chi connectivity index (χ1) is 15.2. The average Bonchev–Trinajstić information content (AvgIpc) is 2.71. The first kappa shape index (κ1) is 32.0. The molecule has 0 heterocycles. The monoisotopic (exact) mass is 479 g/mol. The molecule has 0 rings (SSSR count). The van der Waals surface area contributed by atoms with Crippen molar-refractivity contribution < 1.29 is 27.7 Å². The molecule has 0 aromatic carbocycles. The van der Waals surface area contributed by atoms with Crippen LogP contribution in [0.5, 0.6) is 0 Å². The first-order valence-electron chi connectivity index (χ1n) is 13.2. The van der Waals surface area contributed by atoms with E-state index in [4.69, 9.17) is 13.8 Å². The fourth-order valence-corrected chi connectivity index (χ4v) is 4.30. The van der Waals surface area contributed by atoms with Crippen LogP contribution < -0.4 is 4.89 Å². The maximum absolute atomic E-state index is 11.8. The van der Waals surface area contributed by atoms with Gasteiger partial charge in [-0.2, -0.15) is 0 Å². The summed E-state index contributed by atoms with van der Waals surface area (Å²) in [6, 6.07) is 0. The topological polar surface area (TPSA) is 67.8 Å². The number of phosphoric ester groups is 1. The Balaban J connectivity index is 3.57. The number of phosphoric acid groups is 1. The standard InChI is InChI=1S/C25H54NO5P/c1-6-8-9-10-11-12-13-14-15-16-17-18-19-20-25(7-2)29-23-24-31-32(27,28)30-22-21-26(3,4)5/h25H,6-24H2,1-5H3. The second-order valence-corrected chi connectivity index (χ2v) is 11.5. The van der Waals surface area contributed by atoms with Crippen molar-refractivity contribution in [1.29, 1.82) is 0 Å². The Morgan fingerprint density at radius 1 is 0.719 bits per heavy atom. The van der Waals surface area contributed by atoms with Gasteiger partial charge in [-0.25, -0.2) is 0 Å². The van der Waals surface area contributed by atoms with Gasteiger partial charge in [0, 0.05) is 0 Å². The van der Waals surface area contributed by atoms with Gasteiger partial charge in [-0.1, -0.05) is 97.3 Å². The minimum Gasteiger partial charge on any atom is -0.756 e. The van der Waals surface area contributed by atoms with Crippen molar-refractivity contribution in [3.63, 3.8) is 0 Å². The van der Waals surface area contributed by atoms with Crippen molar-refractivity contribution in [2.75, 3.05) is 47.5 Å². The normalized spacial score (nSPS) is 15.1. The van der Waals surface area contributed by atoms with E-state index in [0.717, 1.165) is 12.8 Å². The maximum atomic E-state index is 11.8. The van der Waals surface area contributed by atoms with Gasteiger partial charge in [-0.15, -0.1) is 0 Å². The van der Waals surface area contributed by atoms with Crippen LogP contribution in [0.1, 0.15) is 110 Å². The minimum atomic E-state index is -4.24. The Bertz CT molecular complexity index is 456. The summed E-state index contributed by atoms with van der Waals surface area (Å²) in [5.41, 5.74) is 0. The van der Waals surface area contributed by atoms with Gasteiger partial charge in [0.15, 0.2) is 0 Å². The molecule has 0 saturated heterocycles. The highest BCUT2D eigenvalue weighted by Crippen LogP contribution is 2.37. The van der Waals surface area contributed by atoms with Crippen LogP contribution in [-0.2, 0) is 18.3 Å². The lowest BCUT2D eigenvalue weighted by atomic mass is 10.0. The number of ether oxygens (including phenoxy) is 1. The van der Waals surface area contributed by atoms with Crippen LogP contribution in [0.4, 0.5) is 0 Å². The number of hydrogen-bond acceptors (Lipinski definition) is 5. The molecule has 0 aromatic rings. The largest absolute Gasteiger partial charge is 0.756 e. The van der Waals surface area contributed by atoms with Crippen LogP contribution in [0, 0.1) is 0 Å². The second-order valence-electron chi connectivity index (χ2n) is 10.1. The highest BCUT2D eigenvalue weighted by Gasteiger charge is 2.14. The Labute approximate surface area is 199 Å². The second kappa shape index (κ2) is 20.4. The number of nitrogens with zero attached hydrogens (tertiary/aromatic N) is 1. The van der Waals surface area contributed by atoms with E-state index in [1.54, 1.807) is 0 Å². The zero-order valence-corrected chi connectivity index (χ0v) is 22.8. The maximum Gasteiger partial charge on any atom is 0.268 e. The fourth-order valence-electron chi connectivity index (χ4n) is 3.62. The van der Waals surface area contributed by atoms with E-state index in [1.807, 2.05) is 21.1 Å². The van der Waals surface area contributed by atoms with Gasteiger partial charge in [-0.3, -0.25) is 4.57 Å². The van der Waals surface area contributed by atoms with Crippen molar-refractivity contribution >= 4 is 7.82 Å². The van der Waals surface area contributed by atoms with Gasteiger partial charge in [0.25, 0.3) is 7.82 Å². The fraction of sp³-hybridized carbons (Fsp3) is 1.00. The molecular formula is C25H54NO5P. The van der Waals surface area contributed by atoms with Crippen molar-refractivity contribution in [3.8, 4) is 0 Å². The SMILES string of the molecule is CCCCCCCCCCCCCCCC(CC)OCCOP(=O)([O-])OCC[N+](C)(C)C. The Kier molecular flexibility index (Phi) is 20.4. The van der Waals surface area contributed by atoms with E-state index in [1.165, 1.54) is 83.5 Å². The third kappa shape index (κ3) is 23.2.